The first-order valence-corrected chi connectivity index (χ1v) is 15.7. The molecule has 0 spiro atoms. The van der Waals surface area contributed by atoms with E-state index in [0.717, 1.165) is 5.56 Å². The van der Waals surface area contributed by atoms with Crippen LogP contribution in [0.25, 0.3) is 0 Å². The first-order chi connectivity index (χ1) is 21.0. The van der Waals surface area contributed by atoms with Crippen molar-refractivity contribution in [2.45, 2.75) is 59.2 Å². The maximum atomic E-state index is 13.5. The number of benzene rings is 1. The third-order valence-electron chi connectivity index (χ3n) is 8.36. The standard InChI is InChI=1S/C32H47N5O7/c1-32(2,3)18-27(38)34-12-14-36-21-28(39)33-11-9-25-19-37(31(42)44-22-23-7-5-4-6-8-23)13-10-24(25)17-29(40)35-15-16-43-26(20-35)30(36)41/h4-8,24-26H,9-22H2,1-3H3,(H,33,39)(H,34,38)/t24-,25-,26-/m0/s1. The Kier molecular flexibility index (Phi) is 11.6. The third-order valence-corrected chi connectivity index (χ3v) is 8.36. The van der Waals surface area contributed by atoms with E-state index >= 15 is 0 Å². The van der Waals surface area contributed by atoms with E-state index in [1.807, 2.05) is 51.1 Å². The van der Waals surface area contributed by atoms with Gasteiger partial charge in [0, 0.05) is 52.1 Å². The Morgan fingerprint density at radius 3 is 2.57 bits per heavy atom. The summed E-state index contributed by atoms with van der Waals surface area (Å²) in [5.41, 5.74) is 0.735. The van der Waals surface area contributed by atoms with Crippen LogP contribution in [0, 0.1) is 17.3 Å². The second-order valence-corrected chi connectivity index (χ2v) is 13.2. The van der Waals surface area contributed by atoms with Crippen LogP contribution in [-0.4, -0.2) is 109 Å². The average molecular weight is 614 g/mol. The summed E-state index contributed by atoms with van der Waals surface area (Å²) in [6.45, 7) is 8.24. The Labute approximate surface area is 259 Å². The maximum absolute atomic E-state index is 13.5. The van der Waals surface area contributed by atoms with E-state index in [2.05, 4.69) is 10.6 Å². The minimum atomic E-state index is -0.884. The molecule has 12 heteroatoms. The van der Waals surface area contributed by atoms with Crippen molar-refractivity contribution in [3.63, 3.8) is 0 Å². The van der Waals surface area contributed by atoms with Crippen molar-refractivity contribution in [3.05, 3.63) is 35.9 Å². The Morgan fingerprint density at radius 1 is 1.05 bits per heavy atom. The molecule has 44 heavy (non-hydrogen) atoms. The van der Waals surface area contributed by atoms with E-state index in [1.54, 1.807) is 9.80 Å². The van der Waals surface area contributed by atoms with Crippen LogP contribution in [0.4, 0.5) is 4.79 Å². The second-order valence-electron chi connectivity index (χ2n) is 13.2. The molecule has 1 aromatic rings. The van der Waals surface area contributed by atoms with Gasteiger partial charge >= 0.3 is 6.09 Å². The number of carbonyl (C=O) groups is 5. The van der Waals surface area contributed by atoms with Crippen LogP contribution >= 0.6 is 0 Å². The zero-order chi connectivity index (χ0) is 31.7. The van der Waals surface area contributed by atoms with E-state index < -0.39 is 6.10 Å². The second kappa shape index (κ2) is 15.4. The number of hydrogen-bond donors (Lipinski definition) is 2. The molecular formula is C32H47N5O7. The molecule has 0 aliphatic carbocycles. The molecular weight excluding hydrogens is 566 g/mol. The van der Waals surface area contributed by atoms with Gasteiger partial charge in [-0.1, -0.05) is 51.1 Å². The summed E-state index contributed by atoms with van der Waals surface area (Å²) in [6.07, 6.45) is 0.596. The monoisotopic (exact) mass is 613 g/mol. The number of rotatable bonds is 6. The normalized spacial score (nSPS) is 23.8. The number of ether oxygens (including phenoxy) is 2. The Morgan fingerprint density at radius 2 is 1.82 bits per heavy atom. The van der Waals surface area contributed by atoms with Gasteiger partial charge in [-0.05, 0) is 35.7 Å². The minimum Gasteiger partial charge on any atom is -0.445 e. The molecule has 3 heterocycles. The summed E-state index contributed by atoms with van der Waals surface area (Å²) in [5, 5.41) is 5.76. The summed E-state index contributed by atoms with van der Waals surface area (Å²) in [4.78, 5) is 69.9. The molecule has 0 saturated carbocycles. The van der Waals surface area contributed by atoms with Gasteiger partial charge in [-0.2, -0.15) is 0 Å². The van der Waals surface area contributed by atoms with E-state index in [4.69, 9.17) is 9.47 Å². The summed E-state index contributed by atoms with van der Waals surface area (Å²) < 4.78 is 11.3. The van der Waals surface area contributed by atoms with Crippen molar-refractivity contribution in [1.29, 1.82) is 0 Å². The number of likely N-dealkylation sites (tertiary alicyclic amines) is 1. The average Bonchev–Trinajstić information content (AvgIpc) is 2.99. The lowest BCUT2D eigenvalue weighted by Gasteiger charge is -2.40. The van der Waals surface area contributed by atoms with Gasteiger partial charge in [-0.15, -0.1) is 0 Å². The first kappa shape index (κ1) is 33.2. The number of fused-ring (bicyclic) bond motifs is 3. The van der Waals surface area contributed by atoms with Gasteiger partial charge < -0.3 is 34.8 Å². The van der Waals surface area contributed by atoms with Gasteiger partial charge in [0.25, 0.3) is 5.91 Å². The quantitative estimate of drug-likeness (QED) is 0.499. The molecule has 2 N–H and O–H groups in total. The number of carbonyl (C=O) groups excluding carboxylic acids is 5. The molecule has 3 aliphatic heterocycles. The molecule has 3 atom stereocenters. The number of piperidine rings is 1. The number of nitrogens with one attached hydrogen (secondary N) is 2. The lowest BCUT2D eigenvalue weighted by atomic mass is 9.81. The van der Waals surface area contributed by atoms with Crippen molar-refractivity contribution in [1.82, 2.24) is 25.3 Å². The Bertz CT molecular complexity index is 1170. The highest BCUT2D eigenvalue weighted by Crippen LogP contribution is 2.30. The topological polar surface area (TPSA) is 138 Å². The van der Waals surface area contributed by atoms with Gasteiger partial charge in [0.1, 0.15) is 6.61 Å². The molecule has 2 bridgehead atoms. The van der Waals surface area contributed by atoms with Gasteiger partial charge in [0.2, 0.25) is 17.7 Å². The fourth-order valence-electron chi connectivity index (χ4n) is 6.00. The fraction of sp³-hybridized carbons (Fsp3) is 0.656. The van der Waals surface area contributed by atoms with Gasteiger partial charge in [0.05, 0.1) is 19.7 Å². The maximum Gasteiger partial charge on any atom is 0.410 e. The van der Waals surface area contributed by atoms with Gasteiger partial charge in [0.15, 0.2) is 6.10 Å². The summed E-state index contributed by atoms with van der Waals surface area (Å²) in [7, 11) is 0. The van der Waals surface area contributed by atoms with Crippen molar-refractivity contribution in [2.75, 3.05) is 59.0 Å². The summed E-state index contributed by atoms with van der Waals surface area (Å²) >= 11 is 0. The third kappa shape index (κ3) is 9.93. The predicted octanol–water partition coefficient (Wildman–Crippen LogP) is 1.78. The molecule has 3 aliphatic rings. The zero-order valence-corrected chi connectivity index (χ0v) is 26.2. The van der Waals surface area contributed by atoms with Crippen molar-refractivity contribution < 1.29 is 33.4 Å². The number of morpholine rings is 1. The lowest BCUT2D eigenvalue weighted by molar-refractivity contribution is -0.156. The van der Waals surface area contributed by atoms with E-state index in [9.17, 15) is 24.0 Å². The van der Waals surface area contributed by atoms with Gasteiger partial charge in [-0.25, -0.2) is 4.79 Å². The van der Waals surface area contributed by atoms with Crippen molar-refractivity contribution >= 4 is 29.7 Å². The number of hydrogen-bond acceptors (Lipinski definition) is 7. The fourth-order valence-corrected chi connectivity index (χ4v) is 6.00. The van der Waals surface area contributed by atoms with E-state index in [-0.39, 0.29) is 86.4 Å². The van der Waals surface area contributed by atoms with Crippen molar-refractivity contribution in [3.8, 4) is 0 Å². The van der Waals surface area contributed by atoms with Crippen LogP contribution in [0.3, 0.4) is 0 Å². The van der Waals surface area contributed by atoms with Crippen LogP contribution in [0.15, 0.2) is 30.3 Å². The molecule has 0 radical (unpaired) electrons. The SMILES string of the molecule is CC(C)(C)CC(=O)NCCN1CC(=O)NCC[C@H]2CN(C(=O)OCc3ccccc3)CC[C@H]2CC(=O)N2CCO[C@@H](C2)C1=O. The lowest BCUT2D eigenvalue weighted by Crippen LogP contribution is -2.55. The Balaban J connectivity index is 1.40. The molecule has 242 valence electrons. The number of nitrogens with zero attached hydrogens (tertiary/aromatic N) is 3. The summed E-state index contributed by atoms with van der Waals surface area (Å²) in [6, 6.07) is 9.50. The smallest absolute Gasteiger partial charge is 0.410 e. The molecule has 3 saturated heterocycles. The highest BCUT2D eigenvalue weighted by Gasteiger charge is 2.37. The highest BCUT2D eigenvalue weighted by atomic mass is 16.6. The summed E-state index contributed by atoms with van der Waals surface area (Å²) in [5.74, 6) is -0.823. The number of amides is 5. The van der Waals surface area contributed by atoms with Crippen molar-refractivity contribution in [2.24, 2.45) is 17.3 Å². The molecule has 5 amide bonds. The molecule has 4 rings (SSSR count). The molecule has 0 unspecified atom stereocenters. The molecule has 12 nitrogen and oxygen atoms in total. The van der Waals surface area contributed by atoms with Crippen LogP contribution < -0.4 is 10.6 Å². The van der Waals surface area contributed by atoms with E-state index in [1.165, 1.54) is 4.90 Å². The first-order valence-electron chi connectivity index (χ1n) is 15.7. The van der Waals surface area contributed by atoms with Crippen LogP contribution in [0.2, 0.25) is 0 Å². The Hall–Kier alpha value is -3.67. The highest BCUT2D eigenvalue weighted by molar-refractivity contribution is 5.88. The minimum absolute atomic E-state index is 0.00665. The van der Waals surface area contributed by atoms with E-state index in [0.29, 0.717) is 51.9 Å². The van der Waals surface area contributed by atoms with Crippen LogP contribution in [0.5, 0.6) is 0 Å². The van der Waals surface area contributed by atoms with Crippen LogP contribution in [-0.2, 0) is 35.3 Å². The predicted molar refractivity (Wildman–Crippen MR) is 162 cm³/mol. The molecule has 0 aromatic heterocycles. The van der Waals surface area contributed by atoms with Gasteiger partial charge in [-0.3, -0.25) is 19.2 Å². The molecule has 3 fully saturated rings. The largest absolute Gasteiger partial charge is 0.445 e. The zero-order valence-electron chi connectivity index (χ0n) is 26.2. The van der Waals surface area contributed by atoms with Crippen LogP contribution in [0.1, 0.15) is 52.0 Å². The molecule has 1 aromatic carbocycles.